The predicted octanol–water partition coefficient (Wildman–Crippen LogP) is 1.98. The third kappa shape index (κ3) is 1.87. The van der Waals surface area contributed by atoms with Gasteiger partial charge in [0.25, 0.3) is 0 Å². The van der Waals surface area contributed by atoms with Crippen LogP contribution in [0.4, 0.5) is 0 Å². The average Bonchev–Trinajstić information content (AvgIpc) is 2.95. The molecule has 1 aliphatic rings. The first-order valence-electron chi connectivity index (χ1n) is 6.85. The van der Waals surface area contributed by atoms with E-state index >= 15 is 0 Å². The Labute approximate surface area is 121 Å². The molecule has 104 valence electrons. The summed E-state index contributed by atoms with van der Waals surface area (Å²) in [6.07, 6.45) is 2.48. The van der Waals surface area contributed by atoms with Crippen LogP contribution in [-0.4, -0.2) is 26.1 Å². The molecule has 2 N–H and O–H groups in total. The summed E-state index contributed by atoms with van der Waals surface area (Å²) in [5.41, 5.74) is 9.72. The van der Waals surface area contributed by atoms with Crippen LogP contribution in [0, 0.1) is 5.92 Å². The van der Waals surface area contributed by atoms with Gasteiger partial charge in [0.2, 0.25) is 0 Å². The van der Waals surface area contributed by atoms with Crippen LogP contribution in [0.15, 0.2) is 46.9 Å². The molecule has 3 aromatic rings. The Hall–Kier alpha value is -2.76. The van der Waals surface area contributed by atoms with E-state index in [1.165, 1.54) is 0 Å². The van der Waals surface area contributed by atoms with E-state index in [2.05, 4.69) is 51.6 Å². The number of rotatable bonds is 1. The zero-order chi connectivity index (χ0) is 14.4. The second-order valence-electron chi connectivity index (χ2n) is 5.35. The first-order valence-corrected chi connectivity index (χ1v) is 6.85. The summed E-state index contributed by atoms with van der Waals surface area (Å²) in [5.74, 6) is 0.872. The minimum atomic E-state index is 0.276. The van der Waals surface area contributed by atoms with Crippen LogP contribution in [0.3, 0.4) is 0 Å². The second-order valence-corrected chi connectivity index (χ2v) is 5.35. The summed E-state index contributed by atoms with van der Waals surface area (Å²) in [4.78, 5) is 0. The molecule has 0 aliphatic carbocycles. The molecule has 0 bridgehead atoms. The van der Waals surface area contributed by atoms with Crippen LogP contribution >= 0.6 is 0 Å². The van der Waals surface area contributed by atoms with Crippen molar-refractivity contribution in [1.29, 1.82) is 0 Å². The number of amidine groups is 1. The Morgan fingerprint density at radius 1 is 1.19 bits per heavy atom. The maximum Gasteiger partial charge on any atom is 0.161 e. The van der Waals surface area contributed by atoms with Gasteiger partial charge in [-0.15, -0.1) is 15.3 Å². The van der Waals surface area contributed by atoms with E-state index in [4.69, 9.17) is 5.73 Å². The molecular weight excluding hydrogens is 264 g/mol. The van der Waals surface area contributed by atoms with Crippen LogP contribution in [-0.2, 0) is 0 Å². The average molecular weight is 278 g/mol. The third-order valence-electron chi connectivity index (χ3n) is 3.84. The minimum absolute atomic E-state index is 0.276. The number of benzene rings is 1. The quantitative estimate of drug-likeness (QED) is 0.739. The molecule has 3 heterocycles. The van der Waals surface area contributed by atoms with E-state index in [0.717, 1.165) is 34.2 Å². The summed E-state index contributed by atoms with van der Waals surface area (Å²) in [6, 6.07) is 10.3. The smallest absolute Gasteiger partial charge is 0.161 e. The molecule has 6 heteroatoms. The molecule has 2 aromatic heterocycles. The fourth-order valence-corrected chi connectivity index (χ4v) is 2.78. The molecule has 1 atom stereocenters. The summed E-state index contributed by atoms with van der Waals surface area (Å²) in [7, 11) is 0. The van der Waals surface area contributed by atoms with Crippen LogP contribution < -0.4 is 5.73 Å². The van der Waals surface area contributed by atoms with E-state index in [0.29, 0.717) is 5.84 Å². The zero-order valence-electron chi connectivity index (χ0n) is 11.6. The molecule has 0 amide bonds. The Kier molecular flexibility index (Phi) is 2.50. The lowest BCUT2D eigenvalue weighted by molar-refractivity contribution is 0.784. The number of nitrogens with two attached hydrogens (primary N) is 1. The monoisotopic (exact) mass is 278 g/mol. The SMILES string of the molecule is CC1CC(N)=NN=C1c1ccc2c(ccc3nncn32)c1. The summed E-state index contributed by atoms with van der Waals surface area (Å²) >= 11 is 0. The van der Waals surface area contributed by atoms with Gasteiger partial charge in [0, 0.05) is 12.3 Å². The largest absolute Gasteiger partial charge is 0.386 e. The Morgan fingerprint density at radius 3 is 2.95 bits per heavy atom. The van der Waals surface area contributed by atoms with Crippen LogP contribution in [0.1, 0.15) is 18.9 Å². The Bertz CT molecular complexity index is 905. The molecule has 0 saturated heterocycles. The van der Waals surface area contributed by atoms with Crippen LogP contribution in [0.5, 0.6) is 0 Å². The second kappa shape index (κ2) is 4.37. The fourth-order valence-electron chi connectivity index (χ4n) is 2.78. The van der Waals surface area contributed by atoms with Gasteiger partial charge in [-0.2, -0.15) is 5.10 Å². The van der Waals surface area contributed by atoms with Crippen molar-refractivity contribution in [1.82, 2.24) is 14.6 Å². The van der Waals surface area contributed by atoms with Crippen LogP contribution in [0.2, 0.25) is 0 Å². The molecule has 1 unspecified atom stereocenters. The van der Waals surface area contributed by atoms with Crippen molar-refractivity contribution >= 4 is 28.1 Å². The lowest BCUT2D eigenvalue weighted by Gasteiger charge is -2.17. The van der Waals surface area contributed by atoms with Crippen molar-refractivity contribution in [2.75, 3.05) is 0 Å². The highest BCUT2D eigenvalue weighted by atomic mass is 15.2. The highest BCUT2D eigenvalue weighted by molar-refractivity contribution is 6.07. The third-order valence-corrected chi connectivity index (χ3v) is 3.84. The summed E-state index contributed by atoms with van der Waals surface area (Å²) in [6.45, 7) is 2.12. The normalized spacial score (nSPS) is 18.8. The zero-order valence-corrected chi connectivity index (χ0v) is 11.6. The molecule has 6 nitrogen and oxygen atoms in total. The summed E-state index contributed by atoms with van der Waals surface area (Å²) in [5, 5.41) is 17.4. The number of fused-ring (bicyclic) bond motifs is 3. The van der Waals surface area contributed by atoms with Crippen molar-refractivity contribution in [2.45, 2.75) is 13.3 Å². The number of pyridine rings is 1. The topological polar surface area (TPSA) is 80.9 Å². The first kappa shape index (κ1) is 12.0. The molecule has 0 spiro atoms. The lowest BCUT2D eigenvalue weighted by Crippen LogP contribution is -2.25. The van der Waals surface area contributed by atoms with Crippen molar-refractivity contribution in [3.63, 3.8) is 0 Å². The Morgan fingerprint density at radius 2 is 2.10 bits per heavy atom. The van der Waals surface area contributed by atoms with Gasteiger partial charge in [-0.25, -0.2) is 0 Å². The predicted molar refractivity (Wildman–Crippen MR) is 82.4 cm³/mol. The van der Waals surface area contributed by atoms with Crippen molar-refractivity contribution in [3.05, 3.63) is 42.2 Å². The van der Waals surface area contributed by atoms with Crippen molar-refractivity contribution in [2.24, 2.45) is 21.9 Å². The molecule has 1 aliphatic heterocycles. The van der Waals surface area contributed by atoms with Gasteiger partial charge in [-0.05, 0) is 35.2 Å². The van der Waals surface area contributed by atoms with Gasteiger partial charge in [0.05, 0.1) is 11.2 Å². The standard InChI is InChI=1S/C15H14N6/c1-9-6-13(16)18-20-15(9)11-2-4-12-10(7-11)3-5-14-19-17-8-21(12)14/h2-5,7-9H,6H2,1H3,(H2,16,18). The number of aromatic nitrogens is 3. The minimum Gasteiger partial charge on any atom is -0.386 e. The highest BCUT2D eigenvalue weighted by Crippen LogP contribution is 2.22. The van der Waals surface area contributed by atoms with Gasteiger partial charge in [0.1, 0.15) is 12.2 Å². The van der Waals surface area contributed by atoms with Gasteiger partial charge in [0.15, 0.2) is 5.65 Å². The van der Waals surface area contributed by atoms with Gasteiger partial charge in [-0.1, -0.05) is 13.0 Å². The maximum absolute atomic E-state index is 5.73. The summed E-state index contributed by atoms with van der Waals surface area (Å²) < 4.78 is 1.97. The molecular formula is C15H14N6. The number of hydrogen-bond donors (Lipinski definition) is 1. The molecule has 4 rings (SSSR count). The van der Waals surface area contributed by atoms with Gasteiger partial charge >= 0.3 is 0 Å². The van der Waals surface area contributed by atoms with Crippen molar-refractivity contribution < 1.29 is 0 Å². The molecule has 0 radical (unpaired) electrons. The highest BCUT2D eigenvalue weighted by Gasteiger charge is 2.19. The van der Waals surface area contributed by atoms with Crippen LogP contribution in [0.25, 0.3) is 16.6 Å². The molecule has 21 heavy (non-hydrogen) atoms. The van der Waals surface area contributed by atoms with Gasteiger partial charge in [-0.3, -0.25) is 4.40 Å². The molecule has 0 saturated carbocycles. The van der Waals surface area contributed by atoms with Crippen molar-refractivity contribution in [3.8, 4) is 0 Å². The van der Waals surface area contributed by atoms with E-state index in [9.17, 15) is 0 Å². The van der Waals surface area contributed by atoms with E-state index in [1.54, 1.807) is 6.33 Å². The lowest BCUT2D eigenvalue weighted by atomic mass is 9.93. The maximum atomic E-state index is 5.73. The molecule has 0 fully saturated rings. The fraction of sp³-hybridized carbons (Fsp3) is 0.200. The van der Waals surface area contributed by atoms with E-state index in [-0.39, 0.29) is 5.92 Å². The number of hydrogen-bond acceptors (Lipinski definition) is 5. The first-order chi connectivity index (χ1) is 10.2. The van der Waals surface area contributed by atoms with E-state index in [1.807, 2.05) is 10.5 Å². The molecule has 1 aromatic carbocycles. The van der Waals surface area contributed by atoms with Gasteiger partial charge < -0.3 is 5.73 Å². The Balaban J connectivity index is 1.89. The number of nitrogens with zero attached hydrogens (tertiary/aromatic N) is 5. The van der Waals surface area contributed by atoms with E-state index < -0.39 is 0 Å².